The standard InChI is InChI=1S/C7H14N2O2/c1-11-5-7(3-2-4-7)6(10)9-8/h2-5,8H2,1H3,(H,9,10). The van der Waals surface area contributed by atoms with Crippen LogP contribution in [0.25, 0.3) is 0 Å². The predicted octanol–water partition coefficient (Wildman–Crippen LogP) is -0.207. The molecular weight excluding hydrogens is 144 g/mol. The van der Waals surface area contributed by atoms with Crippen LogP contribution in [0.4, 0.5) is 0 Å². The summed E-state index contributed by atoms with van der Waals surface area (Å²) < 4.78 is 4.96. The number of nitrogens with two attached hydrogens (primary N) is 1. The van der Waals surface area contributed by atoms with Gasteiger partial charge in [0.15, 0.2) is 0 Å². The van der Waals surface area contributed by atoms with Crippen molar-refractivity contribution < 1.29 is 9.53 Å². The third kappa shape index (κ3) is 1.36. The van der Waals surface area contributed by atoms with E-state index in [2.05, 4.69) is 5.43 Å². The van der Waals surface area contributed by atoms with Crippen LogP contribution in [-0.4, -0.2) is 19.6 Å². The van der Waals surface area contributed by atoms with Crippen LogP contribution >= 0.6 is 0 Å². The molecule has 0 spiro atoms. The maximum Gasteiger partial charge on any atom is 0.242 e. The maximum atomic E-state index is 11.2. The highest BCUT2D eigenvalue weighted by molar-refractivity contribution is 5.83. The number of ether oxygens (including phenoxy) is 1. The van der Waals surface area contributed by atoms with E-state index in [1.807, 2.05) is 0 Å². The summed E-state index contributed by atoms with van der Waals surface area (Å²) in [6.45, 7) is 0.482. The van der Waals surface area contributed by atoms with Crippen molar-refractivity contribution >= 4 is 5.91 Å². The Labute approximate surface area is 66.1 Å². The highest BCUT2D eigenvalue weighted by atomic mass is 16.5. The molecule has 64 valence electrons. The average Bonchev–Trinajstić information content (AvgIpc) is 1.95. The average molecular weight is 158 g/mol. The lowest BCUT2D eigenvalue weighted by atomic mass is 9.69. The highest BCUT2D eigenvalue weighted by Crippen LogP contribution is 2.40. The molecule has 0 aromatic rings. The first-order valence-corrected chi connectivity index (χ1v) is 3.75. The maximum absolute atomic E-state index is 11.2. The van der Waals surface area contributed by atoms with Crippen LogP contribution in [0.2, 0.25) is 0 Å². The Bertz CT molecular complexity index is 155. The van der Waals surface area contributed by atoms with Gasteiger partial charge in [0.1, 0.15) is 0 Å². The number of carbonyl (C=O) groups excluding carboxylic acids is 1. The molecule has 1 aliphatic rings. The molecule has 0 bridgehead atoms. The van der Waals surface area contributed by atoms with E-state index in [-0.39, 0.29) is 11.3 Å². The molecule has 0 atom stereocenters. The Morgan fingerprint density at radius 3 is 2.64 bits per heavy atom. The van der Waals surface area contributed by atoms with Crippen molar-refractivity contribution in [1.29, 1.82) is 0 Å². The SMILES string of the molecule is COCC1(C(=O)NN)CCC1. The Morgan fingerprint density at radius 1 is 1.73 bits per heavy atom. The van der Waals surface area contributed by atoms with Gasteiger partial charge < -0.3 is 4.74 Å². The van der Waals surface area contributed by atoms with E-state index < -0.39 is 0 Å². The van der Waals surface area contributed by atoms with Crippen molar-refractivity contribution in [3.8, 4) is 0 Å². The van der Waals surface area contributed by atoms with Crippen LogP contribution in [0.5, 0.6) is 0 Å². The number of hydrazine groups is 1. The second kappa shape index (κ2) is 3.19. The lowest BCUT2D eigenvalue weighted by molar-refractivity contribution is -0.140. The lowest BCUT2D eigenvalue weighted by Crippen LogP contribution is -2.50. The summed E-state index contributed by atoms with van der Waals surface area (Å²) in [5.41, 5.74) is 1.86. The molecule has 1 saturated carbocycles. The minimum atomic E-state index is -0.316. The molecule has 4 nitrogen and oxygen atoms in total. The second-order valence-electron chi connectivity index (χ2n) is 3.04. The molecule has 1 aliphatic carbocycles. The highest BCUT2D eigenvalue weighted by Gasteiger charge is 2.43. The first-order valence-electron chi connectivity index (χ1n) is 3.75. The van der Waals surface area contributed by atoms with Gasteiger partial charge in [-0.1, -0.05) is 6.42 Å². The van der Waals surface area contributed by atoms with Gasteiger partial charge in [-0.25, -0.2) is 5.84 Å². The molecule has 3 N–H and O–H groups in total. The van der Waals surface area contributed by atoms with E-state index in [1.54, 1.807) is 7.11 Å². The number of hydrogen-bond donors (Lipinski definition) is 2. The molecule has 1 rings (SSSR count). The van der Waals surface area contributed by atoms with Crippen LogP contribution in [0.15, 0.2) is 0 Å². The molecule has 0 heterocycles. The van der Waals surface area contributed by atoms with Gasteiger partial charge in [-0.15, -0.1) is 0 Å². The predicted molar refractivity (Wildman–Crippen MR) is 40.5 cm³/mol. The van der Waals surface area contributed by atoms with Gasteiger partial charge in [0, 0.05) is 7.11 Å². The summed E-state index contributed by atoms with van der Waals surface area (Å²) in [6, 6.07) is 0. The van der Waals surface area contributed by atoms with Crippen LogP contribution in [-0.2, 0) is 9.53 Å². The fourth-order valence-corrected chi connectivity index (χ4v) is 1.47. The summed E-state index contributed by atoms with van der Waals surface area (Å²) in [7, 11) is 1.60. The third-order valence-electron chi connectivity index (χ3n) is 2.34. The van der Waals surface area contributed by atoms with Gasteiger partial charge in [0.05, 0.1) is 12.0 Å². The van der Waals surface area contributed by atoms with Crippen LogP contribution < -0.4 is 11.3 Å². The van der Waals surface area contributed by atoms with E-state index in [0.717, 1.165) is 19.3 Å². The molecule has 1 amide bonds. The Balaban J connectivity index is 2.52. The zero-order valence-corrected chi connectivity index (χ0v) is 6.72. The summed E-state index contributed by atoms with van der Waals surface area (Å²) in [6.07, 6.45) is 2.88. The minimum Gasteiger partial charge on any atom is -0.384 e. The smallest absolute Gasteiger partial charge is 0.242 e. The summed E-state index contributed by atoms with van der Waals surface area (Å²) in [5, 5.41) is 0. The third-order valence-corrected chi connectivity index (χ3v) is 2.34. The number of hydrogen-bond acceptors (Lipinski definition) is 3. The first-order chi connectivity index (χ1) is 5.25. The van der Waals surface area contributed by atoms with E-state index in [9.17, 15) is 4.79 Å². The Morgan fingerprint density at radius 2 is 2.36 bits per heavy atom. The van der Waals surface area contributed by atoms with Gasteiger partial charge >= 0.3 is 0 Å². The van der Waals surface area contributed by atoms with Crippen molar-refractivity contribution in [2.45, 2.75) is 19.3 Å². The fourth-order valence-electron chi connectivity index (χ4n) is 1.47. The van der Waals surface area contributed by atoms with Crippen molar-refractivity contribution in [3.05, 3.63) is 0 Å². The van der Waals surface area contributed by atoms with Gasteiger partial charge in [-0.3, -0.25) is 10.2 Å². The van der Waals surface area contributed by atoms with Crippen LogP contribution in [0.3, 0.4) is 0 Å². The number of carbonyl (C=O) groups is 1. The zero-order chi connectivity index (χ0) is 8.32. The quantitative estimate of drug-likeness (QED) is 0.339. The molecule has 0 aromatic heterocycles. The van der Waals surface area contributed by atoms with Crippen LogP contribution in [0.1, 0.15) is 19.3 Å². The van der Waals surface area contributed by atoms with Gasteiger partial charge in [-0.2, -0.15) is 0 Å². The number of nitrogens with one attached hydrogen (secondary N) is 1. The fraction of sp³-hybridized carbons (Fsp3) is 0.857. The minimum absolute atomic E-state index is 0.0920. The number of methoxy groups -OCH3 is 1. The monoisotopic (exact) mass is 158 g/mol. The van der Waals surface area contributed by atoms with Crippen molar-refractivity contribution in [2.75, 3.05) is 13.7 Å². The molecule has 0 aliphatic heterocycles. The largest absolute Gasteiger partial charge is 0.384 e. The normalized spacial score (nSPS) is 20.5. The molecule has 0 saturated heterocycles. The molecular formula is C7H14N2O2. The molecule has 0 unspecified atom stereocenters. The van der Waals surface area contributed by atoms with Crippen molar-refractivity contribution in [1.82, 2.24) is 5.43 Å². The summed E-state index contributed by atoms with van der Waals surface area (Å²) in [4.78, 5) is 11.2. The molecule has 0 aromatic carbocycles. The van der Waals surface area contributed by atoms with E-state index in [1.165, 1.54) is 0 Å². The number of amides is 1. The lowest BCUT2D eigenvalue weighted by Gasteiger charge is -2.38. The van der Waals surface area contributed by atoms with Gasteiger partial charge in [-0.05, 0) is 12.8 Å². The van der Waals surface area contributed by atoms with E-state index in [0.29, 0.717) is 6.61 Å². The summed E-state index contributed by atoms with van der Waals surface area (Å²) >= 11 is 0. The second-order valence-corrected chi connectivity index (χ2v) is 3.04. The summed E-state index contributed by atoms with van der Waals surface area (Å²) in [5.74, 6) is 4.95. The molecule has 4 heteroatoms. The zero-order valence-electron chi connectivity index (χ0n) is 6.72. The molecule has 11 heavy (non-hydrogen) atoms. The van der Waals surface area contributed by atoms with Crippen molar-refractivity contribution in [2.24, 2.45) is 11.3 Å². The molecule has 0 radical (unpaired) electrons. The first kappa shape index (κ1) is 8.49. The van der Waals surface area contributed by atoms with Crippen LogP contribution in [0, 0.1) is 5.41 Å². The van der Waals surface area contributed by atoms with E-state index >= 15 is 0 Å². The van der Waals surface area contributed by atoms with Crippen molar-refractivity contribution in [3.63, 3.8) is 0 Å². The van der Waals surface area contributed by atoms with Gasteiger partial charge in [0.25, 0.3) is 0 Å². The van der Waals surface area contributed by atoms with Gasteiger partial charge in [0.2, 0.25) is 5.91 Å². The number of rotatable bonds is 3. The topological polar surface area (TPSA) is 64.3 Å². The molecule has 1 fully saturated rings. The Hall–Kier alpha value is -0.610. The Kier molecular flexibility index (Phi) is 2.46. The van der Waals surface area contributed by atoms with E-state index in [4.69, 9.17) is 10.6 Å².